The van der Waals surface area contributed by atoms with E-state index in [0.29, 0.717) is 0 Å². The van der Waals surface area contributed by atoms with Gasteiger partial charge in [-0.05, 0) is 17.2 Å². The van der Waals surface area contributed by atoms with Crippen molar-refractivity contribution in [3.63, 3.8) is 0 Å². The minimum Gasteiger partial charge on any atom is -0.376 e. The predicted octanol–water partition coefficient (Wildman–Crippen LogP) is 4.10. The van der Waals surface area contributed by atoms with Gasteiger partial charge in [0.25, 0.3) is 0 Å². The zero-order chi connectivity index (χ0) is 18.7. The van der Waals surface area contributed by atoms with Crippen molar-refractivity contribution in [2.45, 2.75) is 5.60 Å². The van der Waals surface area contributed by atoms with Gasteiger partial charge in [-0.15, -0.1) is 0 Å². The van der Waals surface area contributed by atoms with Crippen molar-refractivity contribution in [1.29, 1.82) is 0 Å². The van der Waals surface area contributed by atoms with E-state index in [9.17, 15) is 5.11 Å². The lowest BCUT2D eigenvalue weighted by Gasteiger charge is -2.35. The second-order valence-electron chi connectivity index (χ2n) is 6.90. The van der Waals surface area contributed by atoms with E-state index in [-0.39, 0.29) is 0 Å². The van der Waals surface area contributed by atoms with Gasteiger partial charge in [-0.25, -0.2) is 0 Å². The molecule has 0 unspecified atom stereocenters. The van der Waals surface area contributed by atoms with Gasteiger partial charge in [0.2, 0.25) is 0 Å². The normalized spacial score (nSPS) is 11.3. The van der Waals surface area contributed by atoms with Gasteiger partial charge in [0.05, 0.1) is 11.4 Å². The molecule has 0 atom stereocenters. The summed E-state index contributed by atoms with van der Waals surface area (Å²) >= 11 is 0. The van der Waals surface area contributed by atoms with Crippen molar-refractivity contribution in [3.05, 3.63) is 95.6 Å². The molecule has 0 amide bonds. The molecule has 3 aromatic rings. The van der Waals surface area contributed by atoms with Crippen LogP contribution in [-0.4, -0.2) is 33.3 Å². The van der Waals surface area contributed by atoms with Crippen LogP contribution in [0.3, 0.4) is 0 Å². The van der Waals surface area contributed by atoms with Crippen molar-refractivity contribution < 1.29 is 5.11 Å². The molecule has 0 spiro atoms. The number of para-hydroxylation sites is 1. The predicted molar refractivity (Wildman–Crippen MR) is 110 cm³/mol. The average Bonchev–Trinajstić information content (AvgIpc) is 2.68. The van der Waals surface area contributed by atoms with Gasteiger partial charge < -0.3 is 14.9 Å². The Morgan fingerprint density at radius 2 is 1.12 bits per heavy atom. The Bertz CT molecular complexity index is 818. The van der Waals surface area contributed by atoms with Gasteiger partial charge in [-0.1, -0.05) is 72.8 Å². The molecule has 0 radical (unpaired) electrons. The molecular weight excluding hydrogens is 320 g/mol. The number of nitrogens with zero attached hydrogens (tertiary/aromatic N) is 2. The standard InChI is InChI=1S/C23H26N2O/c1-24(2)21-17-11-16-20(22(21)25(3)4)23(26,18-12-7-5-8-13-18)19-14-9-6-10-15-19/h5-17,26H,1-4H3. The molecule has 0 saturated heterocycles. The third-order valence-corrected chi connectivity index (χ3v) is 4.72. The SMILES string of the molecule is CN(C)c1cccc(C(O)(c2ccccc2)c2ccccc2)c1N(C)C. The van der Waals surface area contributed by atoms with Crippen LogP contribution in [0.25, 0.3) is 0 Å². The number of hydrogen-bond donors (Lipinski definition) is 1. The molecule has 1 N–H and O–H groups in total. The lowest BCUT2D eigenvalue weighted by molar-refractivity contribution is 0.126. The minimum atomic E-state index is -1.24. The van der Waals surface area contributed by atoms with Crippen molar-refractivity contribution in [1.82, 2.24) is 0 Å². The Morgan fingerprint density at radius 1 is 0.615 bits per heavy atom. The summed E-state index contributed by atoms with van der Waals surface area (Å²) in [6.45, 7) is 0. The van der Waals surface area contributed by atoms with Crippen LogP contribution in [0.5, 0.6) is 0 Å². The average molecular weight is 346 g/mol. The summed E-state index contributed by atoms with van der Waals surface area (Å²) in [5.74, 6) is 0. The maximum atomic E-state index is 12.1. The fourth-order valence-electron chi connectivity index (χ4n) is 3.49. The zero-order valence-electron chi connectivity index (χ0n) is 15.8. The lowest BCUT2D eigenvalue weighted by Crippen LogP contribution is -2.32. The number of rotatable bonds is 5. The molecule has 0 aromatic heterocycles. The fraction of sp³-hybridized carbons (Fsp3) is 0.217. The van der Waals surface area contributed by atoms with Gasteiger partial charge in [0, 0.05) is 33.8 Å². The molecule has 0 aliphatic rings. The Balaban J connectivity index is 2.37. The Hall–Kier alpha value is -2.78. The molecule has 0 saturated carbocycles. The summed E-state index contributed by atoms with van der Waals surface area (Å²) in [5, 5.41) is 12.1. The van der Waals surface area contributed by atoms with Crippen LogP contribution < -0.4 is 9.80 Å². The third-order valence-electron chi connectivity index (χ3n) is 4.72. The first-order chi connectivity index (χ1) is 12.5. The molecule has 0 fully saturated rings. The number of aliphatic hydroxyl groups is 1. The van der Waals surface area contributed by atoms with Crippen LogP contribution in [-0.2, 0) is 5.60 Å². The summed E-state index contributed by atoms with van der Waals surface area (Å²) in [5.41, 5.74) is 3.40. The maximum absolute atomic E-state index is 12.1. The second kappa shape index (κ2) is 7.22. The molecule has 0 aliphatic carbocycles. The van der Waals surface area contributed by atoms with Crippen molar-refractivity contribution in [2.24, 2.45) is 0 Å². The Morgan fingerprint density at radius 3 is 1.54 bits per heavy atom. The molecular formula is C23H26N2O. The van der Waals surface area contributed by atoms with Crippen LogP contribution in [0.4, 0.5) is 11.4 Å². The van der Waals surface area contributed by atoms with Crippen LogP contribution in [0.2, 0.25) is 0 Å². The molecule has 3 heteroatoms. The fourth-order valence-corrected chi connectivity index (χ4v) is 3.49. The molecule has 0 aliphatic heterocycles. The van der Waals surface area contributed by atoms with E-state index in [2.05, 4.69) is 15.9 Å². The summed E-state index contributed by atoms with van der Waals surface area (Å²) < 4.78 is 0. The van der Waals surface area contributed by atoms with Crippen LogP contribution in [0.1, 0.15) is 16.7 Å². The second-order valence-corrected chi connectivity index (χ2v) is 6.90. The molecule has 0 heterocycles. The summed E-state index contributed by atoms with van der Waals surface area (Å²) in [6.07, 6.45) is 0. The van der Waals surface area contributed by atoms with E-state index in [1.807, 2.05) is 101 Å². The smallest absolute Gasteiger partial charge is 0.142 e. The lowest BCUT2D eigenvalue weighted by atomic mass is 9.79. The first kappa shape index (κ1) is 18.0. The zero-order valence-corrected chi connectivity index (χ0v) is 15.8. The summed E-state index contributed by atoms with van der Waals surface area (Å²) in [4.78, 5) is 4.15. The summed E-state index contributed by atoms with van der Waals surface area (Å²) in [6, 6.07) is 25.8. The van der Waals surface area contributed by atoms with E-state index in [4.69, 9.17) is 0 Å². The molecule has 26 heavy (non-hydrogen) atoms. The van der Waals surface area contributed by atoms with Crippen molar-refractivity contribution >= 4 is 11.4 Å². The van der Waals surface area contributed by atoms with E-state index in [0.717, 1.165) is 28.1 Å². The first-order valence-corrected chi connectivity index (χ1v) is 8.78. The van der Waals surface area contributed by atoms with E-state index >= 15 is 0 Å². The van der Waals surface area contributed by atoms with E-state index in [1.54, 1.807) is 0 Å². The Labute approximate surface area is 156 Å². The van der Waals surface area contributed by atoms with Crippen molar-refractivity contribution in [3.8, 4) is 0 Å². The molecule has 134 valence electrons. The topological polar surface area (TPSA) is 26.7 Å². The van der Waals surface area contributed by atoms with Crippen LogP contribution >= 0.6 is 0 Å². The highest BCUT2D eigenvalue weighted by Crippen LogP contribution is 2.44. The quantitative estimate of drug-likeness (QED) is 0.705. The minimum absolute atomic E-state index is 0.852. The van der Waals surface area contributed by atoms with Gasteiger partial charge in [0.15, 0.2) is 0 Å². The maximum Gasteiger partial charge on any atom is 0.142 e. The van der Waals surface area contributed by atoms with Crippen molar-refractivity contribution in [2.75, 3.05) is 38.0 Å². The molecule has 3 nitrogen and oxygen atoms in total. The van der Waals surface area contributed by atoms with E-state index in [1.165, 1.54) is 0 Å². The number of hydrogen-bond acceptors (Lipinski definition) is 3. The highest BCUT2D eigenvalue weighted by atomic mass is 16.3. The first-order valence-electron chi connectivity index (χ1n) is 8.78. The van der Waals surface area contributed by atoms with E-state index < -0.39 is 5.60 Å². The van der Waals surface area contributed by atoms with Gasteiger partial charge >= 0.3 is 0 Å². The third kappa shape index (κ3) is 3.06. The molecule has 0 bridgehead atoms. The van der Waals surface area contributed by atoms with Crippen LogP contribution in [0, 0.1) is 0 Å². The molecule has 3 rings (SSSR count). The highest BCUT2D eigenvalue weighted by Gasteiger charge is 2.37. The van der Waals surface area contributed by atoms with Gasteiger partial charge in [-0.2, -0.15) is 0 Å². The Kier molecular flexibility index (Phi) is 5.01. The monoisotopic (exact) mass is 346 g/mol. The highest BCUT2D eigenvalue weighted by molar-refractivity contribution is 5.77. The van der Waals surface area contributed by atoms with Gasteiger partial charge in [-0.3, -0.25) is 0 Å². The summed E-state index contributed by atoms with van der Waals surface area (Å²) in [7, 11) is 8.08. The van der Waals surface area contributed by atoms with Crippen LogP contribution in [0.15, 0.2) is 78.9 Å². The number of benzene rings is 3. The molecule has 3 aromatic carbocycles. The van der Waals surface area contributed by atoms with Gasteiger partial charge in [0.1, 0.15) is 5.60 Å². The largest absolute Gasteiger partial charge is 0.376 e. The number of anilines is 2.